The summed E-state index contributed by atoms with van der Waals surface area (Å²) >= 11 is 0. The Hall–Kier alpha value is -0.570. The number of nitrogens with zero attached hydrogens (tertiary/aromatic N) is 1. The highest BCUT2D eigenvalue weighted by atomic mass is 16.5. The van der Waals surface area contributed by atoms with Crippen molar-refractivity contribution in [1.29, 1.82) is 0 Å². The van der Waals surface area contributed by atoms with Crippen molar-refractivity contribution in [3.8, 4) is 0 Å². The molecule has 2 rings (SSSR count). The topological polar surface area (TPSA) is 29.5 Å². The maximum atomic E-state index is 12.5. The van der Waals surface area contributed by atoms with Crippen molar-refractivity contribution >= 4 is 5.91 Å². The van der Waals surface area contributed by atoms with Gasteiger partial charge in [-0.2, -0.15) is 0 Å². The van der Waals surface area contributed by atoms with Crippen molar-refractivity contribution in [3.05, 3.63) is 0 Å². The minimum absolute atomic E-state index is 0.135. The van der Waals surface area contributed by atoms with Crippen molar-refractivity contribution in [2.45, 2.75) is 57.9 Å². The number of hydrogen-bond donors (Lipinski definition) is 0. The summed E-state index contributed by atoms with van der Waals surface area (Å²) < 4.78 is 5.45. The molecule has 2 fully saturated rings. The molecule has 0 aromatic carbocycles. The summed E-state index contributed by atoms with van der Waals surface area (Å²) in [5, 5.41) is 0. The van der Waals surface area contributed by atoms with Gasteiger partial charge in [0, 0.05) is 19.2 Å². The van der Waals surface area contributed by atoms with E-state index in [4.69, 9.17) is 4.74 Å². The number of likely N-dealkylation sites (tertiary alicyclic amines) is 1. The molecule has 2 aliphatic heterocycles. The molecule has 3 nitrogen and oxygen atoms in total. The zero-order valence-corrected chi connectivity index (χ0v) is 11.0. The second kappa shape index (κ2) is 6.39. The third-order valence-corrected chi connectivity index (χ3v) is 4.14. The van der Waals surface area contributed by atoms with Gasteiger partial charge in [0.25, 0.3) is 0 Å². The average Bonchev–Trinajstić information content (AvgIpc) is 2.64. The Kier molecular flexibility index (Phi) is 4.84. The zero-order chi connectivity index (χ0) is 12.1. The van der Waals surface area contributed by atoms with Crippen LogP contribution >= 0.6 is 0 Å². The second-order valence-corrected chi connectivity index (χ2v) is 5.36. The quantitative estimate of drug-likeness (QED) is 0.741. The van der Waals surface area contributed by atoms with E-state index in [2.05, 4.69) is 11.8 Å². The van der Waals surface area contributed by atoms with Crippen LogP contribution in [-0.2, 0) is 9.53 Å². The number of rotatable bonds is 2. The lowest BCUT2D eigenvalue weighted by molar-refractivity contribution is -0.142. The summed E-state index contributed by atoms with van der Waals surface area (Å²) in [6.07, 6.45) is 8.09. The predicted molar refractivity (Wildman–Crippen MR) is 67.8 cm³/mol. The van der Waals surface area contributed by atoms with Gasteiger partial charge in [0.15, 0.2) is 0 Å². The molecule has 0 aromatic heterocycles. The Morgan fingerprint density at radius 3 is 2.82 bits per heavy atom. The van der Waals surface area contributed by atoms with E-state index in [9.17, 15) is 4.79 Å². The predicted octanol–water partition coefficient (Wildman–Crippen LogP) is 2.59. The number of ether oxygens (including phenoxy) is 1. The Morgan fingerprint density at radius 1 is 1.24 bits per heavy atom. The SMILES string of the molecule is CCC1CCCCCN1C(=O)C1CCCOC1. The van der Waals surface area contributed by atoms with E-state index < -0.39 is 0 Å². The largest absolute Gasteiger partial charge is 0.381 e. The van der Waals surface area contributed by atoms with Gasteiger partial charge >= 0.3 is 0 Å². The number of amides is 1. The van der Waals surface area contributed by atoms with E-state index in [1.165, 1.54) is 25.7 Å². The van der Waals surface area contributed by atoms with E-state index >= 15 is 0 Å². The maximum Gasteiger partial charge on any atom is 0.228 e. The summed E-state index contributed by atoms with van der Waals surface area (Å²) in [5.41, 5.74) is 0. The first kappa shape index (κ1) is 12.9. The first-order valence-corrected chi connectivity index (χ1v) is 7.21. The highest BCUT2D eigenvalue weighted by Crippen LogP contribution is 2.24. The second-order valence-electron chi connectivity index (χ2n) is 5.36. The molecule has 1 amide bonds. The first-order chi connectivity index (χ1) is 8.33. The molecular weight excluding hydrogens is 214 g/mol. The van der Waals surface area contributed by atoms with Crippen LogP contribution in [0.25, 0.3) is 0 Å². The number of carbonyl (C=O) groups is 1. The first-order valence-electron chi connectivity index (χ1n) is 7.21. The zero-order valence-electron chi connectivity index (χ0n) is 11.0. The summed E-state index contributed by atoms with van der Waals surface area (Å²) in [5.74, 6) is 0.495. The normalized spacial score (nSPS) is 31.0. The highest BCUT2D eigenvalue weighted by Gasteiger charge is 2.30. The van der Waals surface area contributed by atoms with Crippen molar-refractivity contribution in [2.75, 3.05) is 19.8 Å². The molecule has 2 unspecified atom stereocenters. The lowest BCUT2D eigenvalue weighted by Gasteiger charge is -2.33. The van der Waals surface area contributed by atoms with Gasteiger partial charge in [0.1, 0.15) is 0 Å². The standard InChI is InChI=1S/C14H25NO2/c1-2-13-8-4-3-5-9-15(13)14(16)12-7-6-10-17-11-12/h12-13H,2-11H2,1H3. The Labute approximate surface area is 105 Å². The van der Waals surface area contributed by atoms with Crippen LogP contribution in [0.5, 0.6) is 0 Å². The van der Waals surface area contributed by atoms with Crippen LogP contribution in [0.1, 0.15) is 51.9 Å². The molecule has 0 aromatic rings. The van der Waals surface area contributed by atoms with Gasteiger partial charge in [-0.25, -0.2) is 0 Å². The van der Waals surface area contributed by atoms with Crippen LogP contribution in [0.2, 0.25) is 0 Å². The average molecular weight is 239 g/mol. The van der Waals surface area contributed by atoms with Gasteiger partial charge in [-0.1, -0.05) is 19.8 Å². The highest BCUT2D eigenvalue weighted by molar-refractivity contribution is 5.79. The summed E-state index contributed by atoms with van der Waals surface area (Å²) in [4.78, 5) is 14.7. The minimum Gasteiger partial charge on any atom is -0.381 e. The fraction of sp³-hybridized carbons (Fsp3) is 0.929. The van der Waals surface area contributed by atoms with Crippen molar-refractivity contribution in [1.82, 2.24) is 4.90 Å². The molecular formula is C14H25NO2. The van der Waals surface area contributed by atoms with Gasteiger partial charge in [-0.3, -0.25) is 4.79 Å². The van der Waals surface area contributed by atoms with E-state index in [-0.39, 0.29) is 5.92 Å². The van der Waals surface area contributed by atoms with E-state index in [0.717, 1.165) is 32.4 Å². The fourth-order valence-corrected chi connectivity index (χ4v) is 3.06. The molecule has 0 saturated carbocycles. The Balaban J connectivity index is 1.98. The molecule has 2 heterocycles. The van der Waals surface area contributed by atoms with E-state index in [1.54, 1.807) is 0 Å². The molecule has 0 spiro atoms. The van der Waals surface area contributed by atoms with Gasteiger partial charge in [-0.15, -0.1) is 0 Å². The van der Waals surface area contributed by atoms with Gasteiger partial charge in [0.05, 0.1) is 12.5 Å². The maximum absolute atomic E-state index is 12.5. The van der Waals surface area contributed by atoms with Crippen molar-refractivity contribution in [3.63, 3.8) is 0 Å². The molecule has 2 saturated heterocycles. The van der Waals surface area contributed by atoms with Gasteiger partial charge in [0.2, 0.25) is 5.91 Å². The molecule has 0 radical (unpaired) electrons. The van der Waals surface area contributed by atoms with Crippen molar-refractivity contribution in [2.24, 2.45) is 5.92 Å². The number of carbonyl (C=O) groups excluding carboxylic acids is 1. The Morgan fingerprint density at radius 2 is 2.12 bits per heavy atom. The lowest BCUT2D eigenvalue weighted by atomic mass is 9.98. The van der Waals surface area contributed by atoms with Crippen LogP contribution in [0.3, 0.4) is 0 Å². The molecule has 98 valence electrons. The summed E-state index contributed by atoms with van der Waals surface area (Å²) in [7, 11) is 0. The molecule has 17 heavy (non-hydrogen) atoms. The molecule has 3 heteroatoms. The monoisotopic (exact) mass is 239 g/mol. The molecule has 0 bridgehead atoms. The Bertz CT molecular complexity index is 249. The summed E-state index contributed by atoms with van der Waals surface area (Å²) in [6, 6.07) is 0.479. The van der Waals surface area contributed by atoms with Crippen LogP contribution in [-0.4, -0.2) is 36.6 Å². The summed E-state index contributed by atoms with van der Waals surface area (Å²) in [6.45, 7) is 4.65. The molecule has 2 atom stereocenters. The van der Waals surface area contributed by atoms with Crippen LogP contribution in [0, 0.1) is 5.92 Å². The molecule has 2 aliphatic rings. The smallest absolute Gasteiger partial charge is 0.228 e. The number of hydrogen-bond acceptors (Lipinski definition) is 2. The van der Waals surface area contributed by atoms with Gasteiger partial charge < -0.3 is 9.64 Å². The van der Waals surface area contributed by atoms with E-state index in [0.29, 0.717) is 18.6 Å². The molecule has 0 N–H and O–H groups in total. The molecule has 0 aliphatic carbocycles. The van der Waals surface area contributed by atoms with E-state index in [1.807, 2.05) is 0 Å². The lowest BCUT2D eigenvalue weighted by Crippen LogP contribution is -2.45. The van der Waals surface area contributed by atoms with Gasteiger partial charge in [-0.05, 0) is 32.1 Å². The van der Waals surface area contributed by atoms with Crippen LogP contribution in [0.15, 0.2) is 0 Å². The van der Waals surface area contributed by atoms with Crippen LogP contribution in [0.4, 0.5) is 0 Å². The minimum atomic E-state index is 0.135. The van der Waals surface area contributed by atoms with Crippen LogP contribution < -0.4 is 0 Å². The fourth-order valence-electron chi connectivity index (χ4n) is 3.06. The van der Waals surface area contributed by atoms with Crippen molar-refractivity contribution < 1.29 is 9.53 Å². The third kappa shape index (κ3) is 3.21. The third-order valence-electron chi connectivity index (χ3n) is 4.14.